The molecule has 45 heavy (non-hydrogen) atoms. The first-order valence-corrected chi connectivity index (χ1v) is 15.1. The Kier molecular flexibility index (Phi) is 9.06. The maximum absolute atomic E-state index is 14.3. The average Bonchev–Trinajstić information content (AvgIpc) is 3.27. The summed E-state index contributed by atoms with van der Waals surface area (Å²) in [4.78, 5) is 68.3. The van der Waals surface area contributed by atoms with E-state index in [1.54, 1.807) is 45.1 Å². The Labute approximate surface area is 260 Å². The maximum atomic E-state index is 14.3. The molecule has 1 aromatic rings. The summed E-state index contributed by atoms with van der Waals surface area (Å²) >= 11 is 0. The van der Waals surface area contributed by atoms with Gasteiger partial charge in [-0.2, -0.15) is 0 Å². The van der Waals surface area contributed by atoms with Crippen LogP contribution in [0.15, 0.2) is 30.4 Å². The smallest absolute Gasteiger partial charge is 0.410 e. The van der Waals surface area contributed by atoms with E-state index in [4.69, 9.17) is 14.2 Å². The van der Waals surface area contributed by atoms with Crippen molar-refractivity contribution in [3.05, 3.63) is 47.3 Å². The van der Waals surface area contributed by atoms with Crippen molar-refractivity contribution in [1.29, 1.82) is 0 Å². The van der Waals surface area contributed by atoms with E-state index in [0.717, 1.165) is 0 Å². The molecule has 244 valence electrons. The second kappa shape index (κ2) is 12.7. The molecule has 0 bridgehead atoms. The lowest BCUT2D eigenvalue weighted by Crippen LogP contribution is -2.56. The molecule has 3 heterocycles. The number of hydrogen-bond acceptors (Lipinski definition) is 8. The second-order valence-corrected chi connectivity index (χ2v) is 12.9. The van der Waals surface area contributed by atoms with Crippen LogP contribution in [-0.2, 0) is 41.7 Å². The molecule has 0 spiro atoms. The van der Waals surface area contributed by atoms with Gasteiger partial charge in [0.25, 0.3) is 0 Å². The molecular formula is C31H39FN4O9. The van der Waals surface area contributed by atoms with Gasteiger partial charge in [-0.1, -0.05) is 24.3 Å². The normalized spacial score (nSPS) is 29.2. The number of hydrogen-bond donors (Lipinski definition) is 3. The van der Waals surface area contributed by atoms with Gasteiger partial charge in [0.2, 0.25) is 11.8 Å². The molecule has 0 radical (unpaired) electrons. The highest BCUT2D eigenvalue weighted by molar-refractivity contribution is 5.96. The zero-order valence-corrected chi connectivity index (χ0v) is 25.5. The molecule has 1 aromatic carbocycles. The lowest BCUT2D eigenvalue weighted by molar-refractivity contribution is -0.145. The zero-order chi connectivity index (χ0) is 32.5. The van der Waals surface area contributed by atoms with Crippen LogP contribution in [0.4, 0.5) is 14.0 Å². The van der Waals surface area contributed by atoms with Crippen LogP contribution in [0.5, 0.6) is 0 Å². The fourth-order valence-corrected chi connectivity index (χ4v) is 6.04. The Morgan fingerprint density at radius 2 is 1.98 bits per heavy atom. The van der Waals surface area contributed by atoms with Crippen molar-refractivity contribution >= 4 is 30.0 Å². The molecule has 3 N–H and O–H groups in total. The number of nitrogens with one attached hydrogen (secondary N) is 2. The van der Waals surface area contributed by atoms with E-state index in [2.05, 4.69) is 10.6 Å². The monoisotopic (exact) mass is 630 g/mol. The topological polar surface area (TPSA) is 164 Å². The number of halogens is 1. The Morgan fingerprint density at radius 3 is 2.69 bits per heavy atom. The Bertz CT molecular complexity index is 1400. The molecule has 4 amide bonds. The Hall–Kier alpha value is -4.20. The van der Waals surface area contributed by atoms with E-state index >= 15 is 0 Å². The molecule has 4 aliphatic rings. The van der Waals surface area contributed by atoms with Crippen LogP contribution in [0.25, 0.3) is 0 Å². The summed E-state index contributed by atoms with van der Waals surface area (Å²) in [5.41, 5.74) is -1.32. The van der Waals surface area contributed by atoms with Gasteiger partial charge in [-0.05, 0) is 51.7 Å². The quantitative estimate of drug-likeness (QED) is 0.426. The Morgan fingerprint density at radius 1 is 1.20 bits per heavy atom. The van der Waals surface area contributed by atoms with Crippen LogP contribution >= 0.6 is 0 Å². The fourth-order valence-electron chi connectivity index (χ4n) is 6.04. The minimum atomic E-state index is -1.54. The number of carbonyl (C=O) groups is 5. The number of rotatable bonds is 3. The van der Waals surface area contributed by atoms with Crippen LogP contribution in [0.2, 0.25) is 0 Å². The molecule has 5 atom stereocenters. The summed E-state index contributed by atoms with van der Waals surface area (Å²) in [6.45, 7) is 5.51. The van der Waals surface area contributed by atoms with Crippen molar-refractivity contribution in [1.82, 2.24) is 20.4 Å². The third kappa shape index (κ3) is 7.21. The van der Waals surface area contributed by atoms with Crippen molar-refractivity contribution in [2.24, 2.45) is 5.92 Å². The van der Waals surface area contributed by atoms with Crippen molar-refractivity contribution in [2.75, 3.05) is 19.8 Å². The van der Waals surface area contributed by atoms with E-state index in [0.29, 0.717) is 17.5 Å². The maximum Gasteiger partial charge on any atom is 0.410 e. The molecule has 1 saturated heterocycles. The summed E-state index contributed by atoms with van der Waals surface area (Å²) in [5, 5.41) is 15.2. The van der Waals surface area contributed by atoms with E-state index in [9.17, 15) is 33.5 Å². The highest BCUT2D eigenvalue weighted by Crippen LogP contribution is 2.45. The minimum Gasteiger partial charge on any atom is -0.479 e. The molecule has 0 aromatic heterocycles. The number of fused-ring (bicyclic) bond motifs is 3. The standard InChI is InChI=1S/C31H39FN4O9/c1-30(2,3)45-28(41)33-23-10-6-12-43-11-5-8-19-14-31(19,27(39)40)34-25(37)24-13-20(16-36(24)26(23)38)44-29(42)35-15-18-7-4-9-22(32)21(18)17-35/h4-5,7-9,19-20,23-24H,6,10-17H2,1-3H3,(H,33,41)(H,34,37)(H,39,40)/b8-5-/t19-,20+,23-,24-,31+/m0/s1. The summed E-state index contributed by atoms with van der Waals surface area (Å²) < 4.78 is 31.0. The highest BCUT2D eigenvalue weighted by atomic mass is 19.1. The van der Waals surface area contributed by atoms with Crippen molar-refractivity contribution in [3.8, 4) is 0 Å². The molecule has 3 aliphatic heterocycles. The fraction of sp³-hybridized carbons (Fsp3) is 0.581. The number of carboxylic acids is 1. The number of amides is 4. The molecular weight excluding hydrogens is 591 g/mol. The largest absolute Gasteiger partial charge is 0.479 e. The minimum absolute atomic E-state index is 0.0140. The van der Waals surface area contributed by atoms with Gasteiger partial charge in [0.05, 0.1) is 19.7 Å². The number of nitrogens with zero attached hydrogens (tertiary/aromatic N) is 2. The molecule has 0 unspecified atom stereocenters. The first-order chi connectivity index (χ1) is 21.3. The van der Waals surface area contributed by atoms with Gasteiger partial charge in [-0.15, -0.1) is 0 Å². The van der Waals surface area contributed by atoms with Gasteiger partial charge in [0, 0.05) is 31.1 Å². The molecule has 1 aliphatic carbocycles. The van der Waals surface area contributed by atoms with Gasteiger partial charge in [-0.3, -0.25) is 14.5 Å². The van der Waals surface area contributed by atoms with Crippen LogP contribution in [0.3, 0.4) is 0 Å². The predicted molar refractivity (Wildman–Crippen MR) is 155 cm³/mol. The number of alkyl carbamates (subject to hydrolysis) is 1. The molecule has 13 nitrogen and oxygen atoms in total. The van der Waals surface area contributed by atoms with Crippen molar-refractivity contribution in [2.45, 2.75) is 88.9 Å². The molecule has 1 saturated carbocycles. The van der Waals surface area contributed by atoms with Gasteiger partial charge in [0.1, 0.15) is 35.1 Å². The SMILES string of the molecule is CC(C)(C)OC(=O)N[C@H]1CCCOC/C=C\[C@H]2C[C@@]2(C(=O)O)NC(=O)[C@@H]2C[C@@H](OC(=O)N3Cc4cccc(F)c4C3)CN2C1=O. The van der Waals surface area contributed by atoms with Crippen molar-refractivity contribution in [3.63, 3.8) is 0 Å². The van der Waals surface area contributed by atoms with Gasteiger partial charge < -0.3 is 34.9 Å². The summed E-state index contributed by atoms with van der Waals surface area (Å²) in [6.07, 6.45) is 1.52. The summed E-state index contributed by atoms with van der Waals surface area (Å²) in [5.74, 6) is -3.42. The number of carboxylic acid groups (broad SMARTS) is 1. The van der Waals surface area contributed by atoms with Crippen molar-refractivity contribution < 1.29 is 47.7 Å². The van der Waals surface area contributed by atoms with Gasteiger partial charge in [-0.25, -0.2) is 18.8 Å². The number of ether oxygens (including phenoxy) is 3. The lowest BCUT2D eigenvalue weighted by atomic mass is 10.1. The van der Waals surface area contributed by atoms with Crippen LogP contribution in [0, 0.1) is 11.7 Å². The molecule has 14 heteroatoms. The van der Waals surface area contributed by atoms with Gasteiger partial charge in [0.15, 0.2) is 0 Å². The van der Waals surface area contributed by atoms with E-state index in [-0.39, 0.29) is 52.1 Å². The summed E-state index contributed by atoms with van der Waals surface area (Å²) in [6, 6.07) is 2.31. The summed E-state index contributed by atoms with van der Waals surface area (Å²) in [7, 11) is 0. The third-order valence-electron chi connectivity index (χ3n) is 8.40. The zero-order valence-electron chi connectivity index (χ0n) is 25.5. The van der Waals surface area contributed by atoms with E-state index in [1.165, 1.54) is 15.9 Å². The highest BCUT2D eigenvalue weighted by Gasteiger charge is 2.61. The van der Waals surface area contributed by atoms with E-state index in [1.807, 2.05) is 0 Å². The second-order valence-electron chi connectivity index (χ2n) is 12.9. The van der Waals surface area contributed by atoms with Crippen LogP contribution < -0.4 is 10.6 Å². The van der Waals surface area contributed by atoms with E-state index < -0.39 is 71.0 Å². The van der Waals surface area contributed by atoms with Crippen LogP contribution in [-0.4, -0.2) is 94.0 Å². The molecule has 2 fully saturated rings. The first-order valence-electron chi connectivity index (χ1n) is 15.1. The molecule has 5 rings (SSSR count). The first kappa shape index (κ1) is 32.2. The lowest BCUT2D eigenvalue weighted by Gasteiger charge is -2.30. The number of carbonyl (C=O) groups excluding carboxylic acids is 4. The Balaban J connectivity index is 1.37. The third-order valence-corrected chi connectivity index (χ3v) is 8.40. The average molecular weight is 631 g/mol. The van der Waals surface area contributed by atoms with Crippen LogP contribution in [0.1, 0.15) is 57.6 Å². The number of aliphatic carboxylic acids is 1. The van der Waals surface area contributed by atoms with Gasteiger partial charge >= 0.3 is 18.2 Å². The number of benzene rings is 1. The predicted octanol–water partition coefficient (Wildman–Crippen LogP) is 2.47.